The van der Waals surface area contributed by atoms with E-state index in [9.17, 15) is 4.79 Å². The van der Waals surface area contributed by atoms with Gasteiger partial charge in [0, 0.05) is 13.0 Å². The van der Waals surface area contributed by atoms with Crippen molar-refractivity contribution in [2.24, 2.45) is 7.05 Å². The second-order valence-corrected chi connectivity index (χ2v) is 3.78. The SMILES string of the molecule is Cl.Cn1nnc(C2CCNCC2)c1C(=O)O. The lowest BCUT2D eigenvalue weighted by Gasteiger charge is -2.20. The average molecular weight is 247 g/mol. The lowest BCUT2D eigenvalue weighted by molar-refractivity contribution is 0.0682. The van der Waals surface area contributed by atoms with Crippen molar-refractivity contribution in [3.8, 4) is 0 Å². The van der Waals surface area contributed by atoms with Crippen LogP contribution < -0.4 is 5.32 Å². The number of aryl methyl sites for hydroxylation is 1. The van der Waals surface area contributed by atoms with Crippen LogP contribution in [0.4, 0.5) is 0 Å². The molecule has 0 unspecified atom stereocenters. The van der Waals surface area contributed by atoms with E-state index < -0.39 is 5.97 Å². The van der Waals surface area contributed by atoms with Gasteiger partial charge in [-0.3, -0.25) is 0 Å². The van der Waals surface area contributed by atoms with Crippen molar-refractivity contribution < 1.29 is 9.90 Å². The highest BCUT2D eigenvalue weighted by Gasteiger charge is 2.26. The minimum atomic E-state index is -0.948. The summed E-state index contributed by atoms with van der Waals surface area (Å²) in [6.45, 7) is 1.83. The number of aromatic nitrogens is 3. The van der Waals surface area contributed by atoms with Crippen LogP contribution in [0, 0.1) is 0 Å². The van der Waals surface area contributed by atoms with E-state index in [4.69, 9.17) is 5.11 Å². The van der Waals surface area contributed by atoms with Crippen molar-refractivity contribution in [1.82, 2.24) is 20.3 Å². The van der Waals surface area contributed by atoms with Gasteiger partial charge in [0.15, 0.2) is 5.69 Å². The van der Waals surface area contributed by atoms with E-state index >= 15 is 0 Å². The molecule has 1 aromatic heterocycles. The van der Waals surface area contributed by atoms with Gasteiger partial charge >= 0.3 is 5.97 Å². The molecule has 90 valence electrons. The zero-order valence-electron chi connectivity index (χ0n) is 9.01. The van der Waals surface area contributed by atoms with E-state index in [1.54, 1.807) is 7.05 Å². The van der Waals surface area contributed by atoms with Crippen molar-refractivity contribution in [1.29, 1.82) is 0 Å². The number of aromatic carboxylic acids is 1. The van der Waals surface area contributed by atoms with Crippen LogP contribution in [0.3, 0.4) is 0 Å². The van der Waals surface area contributed by atoms with Crippen molar-refractivity contribution in [3.63, 3.8) is 0 Å². The second-order valence-electron chi connectivity index (χ2n) is 3.78. The average Bonchev–Trinajstić information content (AvgIpc) is 2.61. The first-order valence-electron chi connectivity index (χ1n) is 5.03. The predicted octanol–water partition coefficient (Wildman–Crippen LogP) is 0.402. The smallest absolute Gasteiger partial charge is 0.356 e. The van der Waals surface area contributed by atoms with E-state index in [1.807, 2.05) is 0 Å². The van der Waals surface area contributed by atoms with Gasteiger partial charge in [0.1, 0.15) is 5.69 Å². The molecule has 1 aliphatic heterocycles. The number of piperidine rings is 1. The quantitative estimate of drug-likeness (QED) is 0.790. The molecule has 2 N–H and O–H groups in total. The van der Waals surface area contributed by atoms with Gasteiger partial charge in [0.25, 0.3) is 0 Å². The van der Waals surface area contributed by atoms with Crippen LogP contribution in [0.25, 0.3) is 0 Å². The summed E-state index contributed by atoms with van der Waals surface area (Å²) in [6.07, 6.45) is 1.86. The van der Waals surface area contributed by atoms with Gasteiger partial charge in [0.05, 0.1) is 0 Å². The lowest BCUT2D eigenvalue weighted by atomic mass is 9.93. The zero-order valence-corrected chi connectivity index (χ0v) is 9.83. The second kappa shape index (κ2) is 5.27. The third kappa shape index (κ3) is 2.33. The highest BCUT2D eigenvalue weighted by atomic mass is 35.5. The van der Waals surface area contributed by atoms with Crippen molar-refractivity contribution >= 4 is 18.4 Å². The number of rotatable bonds is 2. The first kappa shape index (κ1) is 12.9. The molecule has 1 fully saturated rings. The Kier molecular flexibility index (Phi) is 4.26. The molecule has 1 aromatic rings. The molecule has 6 nitrogen and oxygen atoms in total. The topological polar surface area (TPSA) is 80.0 Å². The van der Waals surface area contributed by atoms with Crippen molar-refractivity contribution in [3.05, 3.63) is 11.4 Å². The van der Waals surface area contributed by atoms with Gasteiger partial charge < -0.3 is 10.4 Å². The summed E-state index contributed by atoms with van der Waals surface area (Å²) < 4.78 is 1.33. The minimum Gasteiger partial charge on any atom is -0.476 e. The fourth-order valence-electron chi connectivity index (χ4n) is 1.99. The normalized spacial score (nSPS) is 16.8. The van der Waals surface area contributed by atoms with Crippen LogP contribution in [-0.2, 0) is 7.05 Å². The van der Waals surface area contributed by atoms with E-state index in [2.05, 4.69) is 15.6 Å². The number of carboxylic acid groups (broad SMARTS) is 1. The molecule has 0 saturated carbocycles. The summed E-state index contributed by atoms with van der Waals surface area (Å²) in [7, 11) is 1.61. The largest absolute Gasteiger partial charge is 0.476 e. The van der Waals surface area contributed by atoms with Crippen LogP contribution >= 0.6 is 12.4 Å². The highest BCUT2D eigenvalue weighted by Crippen LogP contribution is 2.25. The number of halogens is 1. The molecular formula is C9H15ClN4O2. The number of hydrogen-bond donors (Lipinski definition) is 2. The highest BCUT2D eigenvalue weighted by molar-refractivity contribution is 5.87. The van der Waals surface area contributed by atoms with Crippen molar-refractivity contribution in [2.45, 2.75) is 18.8 Å². The van der Waals surface area contributed by atoms with Crippen LogP contribution in [0.15, 0.2) is 0 Å². The zero-order chi connectivity index (χ0) is 10.8. The molecule has 0 aromatic carbocycles. The number of carbonyl (C=O) groups is 1. The van der Waals surface area contributed by atoms with E-state index in [1.165, 1.54) is 4.68 Å². The molecule has 0 radical (unpaired) electrons. The molecule has 2 heterocycles. The number of hydrogen-bond acceptors (Lipinski definition) is 4. The number of nitrogens with zero attached hydrogens (tertiary/aromatic N) is 3. The number of carboxylic acids is 1. The molecule has 0 bridgehead atoms. The summed E-state index contributed by atoms with van der Waals surface area (Å²) in [4.78, 5) is 11.0. The Morgan fingerprint density at radius 2 is 2.12 bits per heavy atom. The molecule has 16 heavy (non-hydrogen) atoms. The maximum absolute atomic E-state index is 11.0. The molecule has 0 aliphatic carbocycles. The van der Waals surface area contributed by atoms with Crippen molar-refractivity contribution in [2.75, 3.05) is 13.1 Å². The molecule has 0 atom stereocenters. The molecule has 0 amide bonds. The summed E-state index contributed by atoms with van der Waals surface area (Å²) in [6, 6.07) is 0. The lowest BCUT2D eigenvalue weighted by Crippen LogP contribution is -2.27. The monoisotopic (exact) mass is 246 g/mol. The molecule has 1 aliphatic rings. The fraction of sp³-hybridized carbons (Fsp3) is 0.667. The molecular weight excluding hydrogens is 232 g/mol. The van der Waals surface area contributed by atoms with Gasteiger partial charge in [-0.15, -0.1) is 17.5 Å². The Balaban J connectivity index is 0.00000128. The summed E-state index contributed by atoms with van der Waals surface area (Å²) in [5.41, 5.74) is 0.855. The Labute approximate surface area is 99.4 Å². The van der Waals surface area contributed by atoms with Gasteiger partial charge in [-0.05, 0) is 25.9 Å². The summed E-state index contributed by atoms with van der Waals surface area (Å²) >= 11 is 0. The molecule has 2 rings (SSSR count). The van der Waals surface area contributed by atoms with E-state index in [0.717, 1.165) is 25.9 Å². The van der Waals surface area contributed by atoms with Gasteiger partial charge in [-0.2, -0.15) is 0 Å². The maximum Gasteiger partial charge on any atom is 0.356 e. The Bertz CT molecular complexity index is 374. The van der Waals surface area contributed by atoms with Gasteiger partial charge in [-0.25, -0.2) is 9.48 Å². The van der Waals surface area contributed by atoms with E-state index in [0.29, 0.717) is 5.69 Å². The third-order valence-corrected chi connectivity index (χ3v) is 2.78. The number of nitrogens with one attached hydrogen (secondary N) is 1. The molecule has 1 saturated heterocycles. The minimum absolute atomic E-state index is 0. The van der Waals surface area contributed by atoms with Crippen LogP contribution in [0.2, 0.25) is 0 Å². The van der Waals surface area contributed by atoms with Crippen LogP contribution in [0.5, 0.6) is 0 Å². The first-order valence-corrected chi connectivity index (χ1v) is 5.03. The Morgan fingerprint density at radius 3 is 2.69 bits per heavy atom. The third-order valence-electron chi connectivity index (χ3n) is 2.78. The Hall–Kier alpha value is -1.14. The first-order chi connectivity index (χ1) is 7.20. The standard InChI is InChI=1S/C9H14N4O2.ClH/c1-13-8(9(14)15)7(11-12-13)6-2-4-10-5-3-6;/h6,10H,2-5H2,1H3,(H,14,15);1H. The molecule has 7 heteroatoms. The predicted molar refractivity (Wildman–Crippen MR) is 60.1 cm³/mol. The maximum atomic E-state index is 11.0. The molecule has 0 spiro atoms. The van der Waals surface area contributed by atoms with Crippen LogP contribution in [-0.4, -0.2) is 39.2 Å². The van der Waals surface area contributed by atoms with Gasteiger partial charge in [0.2, 0.25) is 0 Å². The Morgan fingerprint density at radius 1 is 1.50 bits per heavy atom. The fourth-order valence-corrected chi connectivity index (χ4v) is 1.99. The van der Waals surface area contributed by atoms with E-state index in [-0.39, 0.29) is 24.0 Å². The summed E-state index contributed by atoms with van der Waals surface area (Å²) in [5.74, 6) is -0.720. The summed E-state index contributed by atoms with van der Waals surface area (Å²) in [5, 5.41) is 20.0. The van der Waals surface area contributed by atoms with Crippen LogP contribution in [0.1, 0.15) is 34.9 Å². The van der Waals surface area contributed by atoms with Gasteiger partial charge in [-0.1, -0.05) is 5.21 Å².